The van der Waals surface area contributed by atoms with Crippen LogP contribution in [0.15, 0.2) is 54.6 Å². The molecular weight excluding hydrogens is 451 g/mol. The van der Waals surface area contributed by atoms with E-state index in [1.807, 2.05) is 0 Å². The summed E-state index contributed by atoms with van der Waals surface area (Å²) in [5.41, 5.74) is -0.519. The van der Waals surface area contributed by atoms with Crippen LogP contribution < -0.4 is 10.1 Å². The van der Waals surface area contributed by atoms with E-state index in [0.717, 1.165) is 4.68 Å². The number of hydrogen-bond acceptors (Lipinski definition) is 5. The number of carbonyl (C=O) groups is 2. The van der Waals surface area contributed by atoms with Crippen molar-refractivity contribution in [1.29, 1.82) is 0 Å². The molecule has 0 fully saturated rings. The molecule has 2 aromatic carbocycles. The Morgan fingerprint density at radius 3 is 2.56 bits per heavy atom. The van der Waals surface area contributed by atoms with Crippen molar-refractivity contribution in [2.75, 3.05) is 18.5 Å². The Labute approximate surface area is 185 Å². The molecule has 0 unspecified atom stereocenters. The number of nitrogens with one attached hydrogen (secondary N) is 1. The predicted molar refractivity (Wildman–Crippen MR) is 110 cm³/mol. The molecule has 7 nitrogen and oxygen atoms in total. The number of anilines is 1. The van der Waals surface area contributed by atoms with E-state index in [9.17, 15) is 22.8 Å². The number of para-hydroxylation sites is 1. The molecule has 168 valence electrons. The fourth-order valence-electron chi connectivity index (χ4n) is 2.68. The van der Waals surface area contributed by atoms with E-state index in [4.69, 9.17) is 21.1 Å². The maximum absolute atomic E-state index is 13.2. The van der Waals surface area contributed by atoms with Crippen LogP contribution in [-0.2, 0) is 15.7 Å². The molecule has 1 aromatic heterocycles. The highest BCUT2D eigenvalue weighted by molar-refractivity contribution is 6.32. The minimum Gasteiger partial charge on any atom is -0.467 e. The quantitative estimate of drug-likeness (QED) is 0.508. The van der Waals surface area contributed by atoms with Gasteiger partial charge in [-0.2, -0.15) is 23.0 Å². The highest BCUT2D eigenvalue weighted by atomic mass is 35.5. The van der Waals surface area contributed by atoms with Gasteiger partial charge in [-0.05, 0) is 37.3 Å². The first-order valence-corrected chi connectivity index (χ1v) is 9.69. The predicted octanol–water partition coefficient (Wildman–Crippen LogP) is 4.74. The van der Waals surface area contributed by atoms with Crippen molar-refractivity contribution in [1.82, 2.24) is 9.78 Å². The van der Waals surface area contributed by atoms with Gasteiger partial charge in [0.1, 0.15) is 0 Å². The van der Waals surface area contributed by atoms with E-state index in [1.165, 1.54) is 30.3 Å². The van der Waals surface area contributed by atoms with Crippen molar-refractivity contribution >= 4 is 29.2 Å². The molecule has 0 radical (unpaired) electrons. The minimum absolute atomic E-state index is 0.148. The molecule has 3 rings (SSSR count). The lowest BCUT2D eigenvalue weighted by Crippen LogP contribution is -2.21. The number of ether oxygens (including phenoxy) is 2. The second kappa shape index (κ2) is 9.73. The number of benzene rings is 2. The standard InChI is InChI=1S/C21H17ClF3N3O4/c1-2-31-20(30)13-6-5-7-14(10-13)26-18(29)12-32-19-11-17(21(23,24)25)27-28(19)16-9-4-3-8-15(16)22/h3-11H,2,12H2,1H3,(H,26,29). The lowest BCUT2D eigenvalue weighted by molar-refractivity contribution is -0.141. The van der Waals surface area contributed by atoms with Gasteiger partial charge in [-0.15, -0.1) is 0 Å². The van der Waals surface area contributed by atoms with E-state index >= 15 is 0 Å². The molecule has 1 N–H and O–H groups in total. The van der Waals surface area contributed by atoms with Crippen molar-refractivity contribution in [3.8, 4) is 11.6 Å². The third kappa shape index (κ3) is 5.58. The van der Waals surface area contributed by atoms with Gasteiger partial charge in [0, 0.05) is 11.8 Å². The zero-order valence-electron chi connectivity index (χ0n) is 16.6. The zero-order chi connectivity index (χ0) is 23.3. The Morgan fingerprint density at radius 2 is 1.88 bits per heavy atom. The number of nitrogens with zero attached hydrogens (tertiary/aromatic N) is 2. The lowest BCUT2D eigenvalue weighted by Gasteiger charge is -2.11. The van der Waals surface area contributed by atoms with Crippen molar-refractivity contribution in [2.24, 2.45) is 0 Å². The summed E-state index contributed by atoms with van der Waals surface area (Å²) >= 11 is 6.07. The summed E-state index contributed by atoms with van der Waals surface area (Å²) in [6.45, 7) is 1.25. The first-order valence-electron chi connectivity index (χ1n) is 9.31. The van der Waals surface area contributed by atoms with Gasteiger partial charge < -0.3 is 14.8 Å². The van der Waals surface area contributed by atoms with Crippen LogP contribution in [0.1, 0.15) is 23.0 Å². The second-order valence-corrected chi connectivity index (χ2v) is 6.77. The monoisotopic (exact) mass is 467 g/mol. The van der Waals surface area contributed by atoms with Crippen LogP contribution >= 0.6 is 11.6 Å². The van der Waals surface area contributed by atoms with Gasteiger partial charge in [-0.1, -0.05) is 29.8 Å². The molecule has 0 atom stereocenters. The molecule has 0 bridgehead atoms. The first-order chi connectivity index (χ1) is 15.2. The highest BCUT2D eigenvalue weighted by Crippen LogP contribution is 2.33. The number of esters is 1. The molecule has 0 saturated heterocycles. The van der Waals surface area contributed by atoms with Crippen LogP contribution in [0.25, 0.3) is 5.69 Å². The van der Waals surface area contributed by atoms with Gasteiger partial charge in [0.25, 0.3) is 5.91 Å². The van der Waals surface area contributed by atoms with Crippen LogP contribution in [0.5, 0.6) is 5.88 Å². The van der Waals surface area contributed by atoms with E-state index in [1.54, 1.807) is 25.1 Å². The zero-order valence-corrected chi connectivity index (χ0v) is 17.4. The third-order valence-electron chi connectivity index (χ3n) is 4.06. The van der Waals surface area contributed by atoms with Gasteiger partial charge in [-0.25, -0.2) is 4.79 Å². The highest BCUT2D eigenvalue weighted by Gasteiger charge is 2.36. The Balaban J connectivity index is 1.76. The summed E-state index contributed by atoms with van der Waals surface area (Å²) in [4.78, 5) is 24.1. The largest absolute Gasteiger partial charge is 0.467 e. The number of alkyl halides is 3. The van der Waals surface area contributed by atoms with Gasteiger partial charge in [0.2, 0.25) is 5.88 Å². The topological polar surface area (TPSA) is 82.4 Å². The minimum atomic E-state index is -4.72. The van der Waals surface area contributed by atoms with E-state index < -0.39 is 30.4 Å². The average molecular weight is 468 g/mol. The molecule has 11 heteroatoms. The van der Waals surface area contributed by atoms with Crippen molar-refractivity contribution in [3.63, 3.8) is 0 Å². The summed E-state index contributed by atoms with van der Waals surface area (Å²) < 4.78 is 50.6. The first kappa shape index (κ1) is 23.1. The molecule has 3 aromatic rings. The Bertz CT molecular complexity index is 1130. The summed E-state index contributed by atoms with van der Waals surface area (Å²) in [7, 11) is 0. The van der Waals surface area contributed by atoms with E-state index in [0.29, 0.717) is 11.8 Å². The third-order valence-corrected chi connectivity index (χ3v) is 4.38. The molecule has 0 spiro atoms. The summed E-state index contributed by atoms with van der Waals surface area (Å²) in [6.07, 6.45) is -4.72. The molecule has 1 amide bonds. The van der Waals surface area contributed by atoms with Crippen LogP contribution in [0.3, 0.4) is 0 Å². The molecule has 0 aliphatic carbocycles. The molecule has 1 heterocycles. The maximum atomic E-state index is 13.2. The molecule has 0 aliphatic heterocycles. The molecule has 0 aliphatic rings. The summed E-state index contributed by atoms with van der Waals surface area (Å²) in [5, 5.41) is 6.18. The number of halogens is 4. The average Bonchev–Trinajstić information content (AvgIpc) is 3.17. The Morgan fingerprint density at radius 1 is 1.12 bits per heavy atom. The Kier molecular flexibility index (Phi) is 7.04. The maximum Gasteiger partial charge on any atom is 0.435 e. The number of aromatic nitrogens is 2. The smallest absolute Gasteiger partial charge is 0.435 e. The number of hydrogen-bond donors (Lipinski definition) is 1. The van der Waals surface area contributed by atoms with Crippen LogP contribution in [0.4, 0.5) is 18.9 Å². The summed E-state index contributed by atoms with van der Waals surface area (Å²) in [5.74, 6) is -1.53. The van der Waals surface area contributed by atoms with Gasteiger partial charge in [0.15, 0.2) is 12.3 Å². The number of rotatable bonds is 7. The van der Waals surface area contributed by atoms with Crippen molar-refractivity contribution < 1.29 is 32.2 Å². The Hall–Kier alpha value is -3.53. The van der Waals surface area contributed by atoms with Gasteiger partial charge >= 0.3 is 12.1 Å². The van der Waals surface area contributed by atoms with E-state index in [-0.39, 0.29) is 28.8 Å². The van der Waals surface area contributed by atoms with Gasteiger partial charge in [-0.3, -0.25) is 4.79 Å². The lowest BCUT2D eigenvalue weighted by atomic mass is 10.2. The van der Waals surface area contributed by atoms with Crippen molar-refractivity contribution in [2.45, 2.75) is 13.1 Å². The van der Waals surface area contributed by atoms with Crippen molar-refractivity contribution in [3.05, 3.63) is 70.9 Å². The fourth-order valence-corrected chi connectivity index (χ4v) is 2.89. The van der Waals surface area contributed by atoms with E-state index in [2.05, 4.69) is 10.4 Å². The number of amides is 1. The molecular formula is C21H17ClF3N3O4. The fraction of sp³-hybridized carbons (Fsp3) is 0.190. The van der Waals surface area contributed by atoms with Crippen LogP contribution in [-0.4, -0.2) is 34.9 Å². The van der Waals surface area contributed by atoms with Gasteiger partial charge in [0.05, 0.1) is 22.9 Å². The summed E-state index contributed by atoms with van der Waals surface area (Å²) in [6, 6.07) is 12.8. The van der Waals surface area contributed by atoms with Crippen LogP contribution in [0, 0.1) is 0 Å². The SMILES string of the molecule is CCOC(=O)c1cccc(NC(=O)COc2cc(C(F)(F)F)nn2-c2ccccc2Cl)c1. The molecule has 32 heavy (non-hydrogen) atoms. The normalized spacial score (nSPS) is 11.2. The number of carbonyl (C=O) groups excluding carboxylic acids is 2. The van der Waals surface area contributed by atoms with Crippen LogP contribution in [0.2, 0.25) is 5.02 Å². The molecule has 0 saturated carbocycles. The second-order valence-electron chi connectivity index (χ2n) is 6.37.